The van der Waals surface area contributed by atoms with Gasteiger partial charge in [0.1, 0.15) is 21.5 Å². The molecule has 8 nitrogen and oxygen atoms in total. The SMILES string of the molecule is CC(C(=O)Nc1ccc(F)cn1)N1CCC(F)(F)C(c2ccc(=O)n(CCS(C)(=O)=O)c2)C1. The van der Waals surface area contributed by atoms with Gasteiger partial charge in [-0.15, -0.1) is 0 Å². The Kier molecular flexibility index (Phi) is 7.27. The van der Waals surface area contributed by atoms with Gasteiger partial charge in [0.15, 0.2) is 0 Å². The average molecular weight is 487 g/mol. The number of pyridine rings is 2. The van der Waals surface area contributed by atoms with Gasteiger partial charge < -0.3 is 9.88 Å². The molecule has 0 bridgehead atoms. The molecular weight excluding hydrogens is 461 g/mol. The molecule has 1 amide bonds. The molecule has 0 saturated carbocycles. The highest BCUT2D eigenvalue weighted by Crippen LogP contribution is 2.40. The van der Waals surface area contributed by atoms with Gasteiger partial charge in [-0.25, -0.2) is 26.6 Å². The van der Waals surface area contributed by atoms with E-state index in [0.717, 1.165) is 29.2 Å². The van der Waals surface area contributed by atoms with Gasteiger partial charge in [-0.1, -0.05) is 6.07 Å². The summed E-state index contributed by atoms with van der Waals surface area (Å²) in [5.74, 6) is -5.56. The van der Waals surface area contributed by atoms with Crippen molar-refractivity contribution >= 4 is 21.6 Å². The number of aromatic nitrogens is 2. The first-order valence-electron chi connectivity index (χ1n) is 10.3. The van der Waals surface area contributed by atoms with Crippen LogP contribution in [0.5, 0.6) is 0 Å². The number of piperidine rings is 1. The lowest BCUT2D eigenvalue weighted by Gasteiger charge is -2.40. The summed E-state index contributed by atoms with van der Waals surface area (Å²) in [6.07, 6.45) is 2.76. The van der Waals surface area contributed by atoms with Gasteiger partial charge in [0.05, 0.1) is 23.9 Å². The Hall–Kier alpha value is -2.73. The Morgan fingerprint density at radius 2 is 2.03 bits per heavy atom. The van der Waals surface area contributed by atoms with E-state index < -0.39 is 51.4 Å². The number of hydrogen-bond acceptors (Lipinski definition) is 6. The van der Waals surface area contributed by atoms with Gasteiger partial charge in [0.25, 0.3) is 11.5 Å². The Labute approximate surface area is 189 Å². The number of nitrogens with one attached hydrogen (secondary N) is 1. The second kappa shape index (κ2) is 9.64. The summed E-state index contributed by atoms with van der Waals surface area (Å²) >= 11 is 0. The number of halogens is 3. The topological polar surface area (TPSA) is 101 Å². The van der Waals surface area contributed by atoms with E-state index in [2.05, 4.69) is 10.3 Å². The van der Waals surface area contributed by atoms with E-state index in [9.17, 15) is 31.2 Å². The van der Waals surface area contributed by atoms with E-state index in [4.69, 9.17) is 0 Å². The molecule has 180 valence electrons. The van der Waals surface area contributed by atoms with Gasteiger partial charge in [0, 0.05) is 44.6 Å². The molecule has 33 heavy (non-hydrogen) atoms. The number of rotatable bonds is 7. The van der Waals surface area contributed by atoms with Crippen molar-refractivity contribution in [2.45, 2.75) is 37.8 Å². The number of hydrogen-bond donors (Lipinski definition) is 1. The average Bonchev–Trinajstić information content (AvgIpc) is 2.73. The molecule has 1 N–H and O–H groups in total. The zero-order valence-electron chi connectivity index (χ0n) is 18.2. The monoisotopic (exact) mass is 486 g/mol. The van der Waals surface area contributed by atoms with Crippen LogP contribution in [0.25, 0.3) is 0 Å². The standard InChI is InChI=1S/C21H25F3N4O4S/c1-14(20(30)26-18-5-4-16(22)11-25-18)27-8-7-21(23,24)17(13-27)15-3-6-19(29)28(12-15)9-10-33(2,31)32/h3-6,11-12,14,17H,7-10,13H2,1-2H3,(H,25,26,30). The van der Waals surface area contributed by atoms with Crippen LogP contribution in [0.2, 0.25) is 0 Å². The first-order valence-corrected chi connectivity index (χ1v) is 12.3. The van der Waals surface area contributed by atoms with Crippen LogP contribution >= 0.6 is 0 Å². The highest BCUT2D eigenvalue weighted by atomic mass is 32.2. The Balaban J connectivity index is 1.77. The predicted octanol–water partition coefficient (Wildman–Crippen LogP) is 1.88. The molecule has 2 aromatic rings. The number of likely N-dealkylation sites (tertiary alicyclic amines) is 1. The third kappa shape index (κ3) is 6.41. The lowest BCUT2D eigenvalue weighted by Crippen LogP contribution is -2.52. The largest absolute Gasteiger partial charge is 0.314 e. The molecule has 1 fully saturated rings. The lowest BCUT2D eigenvalue weighted by atomic mass is 9.87. The van der Waals surface area contributed by atoms with Crippen LogP contribution < -0.4 is 10.9 Å². The van der Waals surface area contributed by atoms with Crippen molar-refractivity contribution in [1.29, 1.82) is 0 Å². The van der Waals surface area contributed by atoms with E-state index in [0.29, 0.717) is 0 Å². The highest BCUT2D eigenvalue weighted by Gasteiger charge is 2.46. The van der Waals surface area contributed by atoms with Crippen molar-refractivity contribution in [3.63, 3.8) is 0 Å². The third-order valence-corrected chi connectivity index (χ3v) is 6.60. The lowest BCUT2D eigenvalue weighted by molar-refractivity contribution is -0.125. The fraction of sp³-hybridized carbons (Fsp3) is 0.476. The first-order chi connectivity index (χ1) is 15.4. The first kappa shape index (κ1) is 24.9. The molecule has 3 heterocycles. The van der Waals surface area contributed by atoms with Crippen LogP contribution in [0.3, 0.4) is 0 Å². The molecule has 0 radical (unpaired) electrons. The van der Waals surface area contributed by atoms with Crippen molar-refractivity contribution in [3.05, 3.63) is 58.4 Å². The number of sulfone groups is 1. The Morgan fingerprint density at radius 1 is 1.30 bits per heavy atom. The highest BCUT2D eigenvalue weighted by molar-refractivity contribution is 7.90. The Bertz CT molecular complexity index is 1170. The molecule has 0 spiro atoms. The molecule has 3 rings (SSSR count). The van der Waals surface area contributed by atoms with E-state index in [-0.39, 0.29) is 36.8 Å². The maximum absolute atomic E-state index is 14.8. The fourth-order valence-electron chi connectivity index (χ4n) is 3.67. The van der Waals surface area contributed by atoms with Crippen LogP contribution in [0.4, 0.5) is 19.0 Å². The number of aryl methyl sites for hydroxylation is 1. The maximum atomic E-state index is 14.8. The van der Waals surface area contributed by atoms with Crippen LogP contribution in [0.15, 0.2) is 41.5 Å². The molecule has 0 aliphatic carbocycles. The smallest absolute Gasteiger partial charge is 0.257 e. The summed E-state index contributed by atoms with van der Waals surface area (Å²) in [5.41, 5.74) is -0.302. The van der Waals surface area contributed by atoms with Crippen LogP contribution in [0.1, 0.15) is 24.8 Å². The molecule has 1 aliphatic heterocycles. The van der Waals surface area contributed by atoms with Crippen LogP contribution in [-0.4, -0.2) is 65.8 Å². The number of anilines is 1. The fourth-order valence-corrected chi connectivity index (χ4v) is 4.20. The molecule has 1 aliphatic rings. The van der Waals surface area contributed by atoms with Crippen molar-refractivity contribution < 1.29 is 26.4 Å². The number of nitrogens with zero attached hydrogens (tertiary/aromatic N) is 3. The van der Waals surface area contributed by atoms with Crippen molar-refractivity contribution in [2.24, 2.45) is 0 Å². The van der Waals surface area contributed by atoms with Gasteiger partial charge in [-0.2, -0.15) is 0 Å². The van der Waals surface area contributed by atoms with E-state index in [1.807, 2.05) is 0 Å². The second-order valence-electron chi connectivity index (χ2n) is 8.21. The number of carbonyl (C=O) groups is 1. The quantitative estimate of drug-likeness (QED) is 0.641. The third-order valence-electron chi connectivity index (χ3n) is 5.68. The minimum absolute atomic E-state index is 0.0251. The zero-order valence-corrected chi connectivity index (χ0v) is 19.0. The second-order valence-corrected chi connectivity index (χ2v) is 10.5. The summed E-state index contributed by atoms with van der Waals surface area (Å²) in [5, 5.41) is 2.54. The van der Waals surface area contributed by atoms with Crippen molar-refractivity contribution in [2.75, 3.05) is 30.4 Å². The summed E-state index contributed by atoms with van der Waals surface area (Å²) in [4.78, 5) is 30.0. The van der Waals surface area contributed by atoms with E-state index >= 15 is 0 Å². The minimum Gasteiger partial charge on any atom is -0.314 e. The van der Waals surface area contributed by atoms with Crippen molar-refractivity contribution in [1.82, 2.24) is 14.5 Å². The summed E-state index contributed by atoms with van der Waals surface area (Å²) < 4.78 is 66.6. The predicted molar refractivity (Wildman–Crippen MR) is 117 cm³/mol. The van der Waals surface area contributed by atoms with Gasteiger partial charge >= 0.3 is 0 Å². The molecular formula is C21H25F3N4O4S. The molecule has 12 heteroatoms. The van der Waals surface area contributed by atoms with E-state index in [1.165, 1.54) is 18.3 Å². The van der Waals surface area contributed by atoms with Crippen LogP contribution in [0, 0.1) is 5.82 Å². The zero-order chi connectivity index (χ0) is 24.4. The molecule has 1 saturated heterocycles. The van der Waals surface area contributed by atoms with Crippen LogP contribution in [-0.2, 0) is 21.2 Å². The number of alkyl halides is 2. The summed E-state index contributed by atoms with van der Waals surface area (Å²) in [6.45, 7) is 1.26. The molecule has 2 unspecified atom stereocenters. The molecule has 0 aromatic carbocycles. The summed E-state index contributed by atoms with van der Waals surface area (Å²) in [6, 6.07) is 4.12. The Morgan fingerprint density at radius 3 is 2.67 bits per heavy atom. The van der Waals surface area contributed by atoms with E-state index in [1.54, 1.807) is 11.8 Å². The van der Waals surface area contributed by atoms with Gasteiger partial charge in [0.2, 0.25) is 5.91 Å². The maximum Gasteiger partial charge on any atom is 0.257 e. The van der Waals surface area contributed by atoms with Gasteiger partial charge in [-0.05, 0) is 24.6 Å². The normalized spacial score (nSPS) is 19.7. The van der Waals surface area contributed by atoms with Gasteiger partial charge in [-0.3, -0.25) is 14.5 Å². The summed E-state index contributed by atoms with van der Waals surface area (Å²) in [7, 11) is -3.34. The molecule has 2 aromatic heterocycles. The number of amides is 1. The van der Waals surface area contributed by atoms with Crippen molar-refractivity contribution in [3.8, 4) is 0 Å². The number of carbonyl (C=O) groups excluding carboxylic acids is 1. The molecule has 2 atom stereocenters. The minimum atomic E-state index is -3.34.